The van der Waals surface area contributed by atoms with Crippen LogP contribution in [0.15, 0.2) is 30.3 Å². The van der Waals surface area contributed by atoms with E-state index in [0.29, 0.717) is 0 Å². The molecule has 0 saturated carbocycles. The van der Waals surface area contributed by atoms with E-state index in [4.69, 9.17) is 39.2 Å². The van der Waals surface area contributed by atoms with Crippen molar-refractivity contribution in [1.29, 1.82) is 0 Å². The Morgan fingerprint density at radius 2 is 1.47 bits per heavy atom. The average Bonchev–Trinajstić information content (AvgIpc) is 2.14. The highest BCUT2D eigenvalue weighted by molar-refractivity contribution is 6.71. The van der Waals surface area contributed by atoms with Crippen molar-refractivity contribution in [2.24, 2.45) is 0 Å². The lowest BCUT2D eigenvalue weighted by molar-refractivity contribution is 0.0826. The summed E-state index contributed by atoms with van der Waals surface area (Å²) in [5, 5.41) is 0. The zero-order valence-corrected chi connectivity index (χ0v) is 13.7. The minimum absolute atomic E-state index is 0.877. The van der Waals surface area contributed by atoms with Crippen LogP contribution in [-0.4, -0.2) is 12.1 Å². The van der Waals surface area contributed by atoms with E-state index in [-0.39, 0.29) is 0 Å². The molecule has 1 atom stereocenters. The number of alkyl halides is 3. The highest BCUT2D eigenvalue weighted by Gasteiger charge is 2.49. The van der Waals surface area contributed by atoms with Crippen LogP contribution in [0.2, 0.25) is 19.6 Å². The number of hydrogen-bond donors (Lipinski definition) is 0. The van der Waals surface area contributed by atoms with Crippen LogP contribution in [0, 0.1) is 0 Å². The van der Waals surface area contributed by atoms with Crippen LogP contribution in [0.3, 0.4) is 0 Å². The zero-order valence-electron chi connectivity index (χ0n) is 10.4. The largest absolute Gasteiger partial charge is 0.404 e. The first-order valence-electron chi connectivity index (χ1n) is 5.39. The van der Waals surface area contributed by atoms with Crippen molar-refractivity contribution in [2.75, 3.05) is 0 Å². The molecular formula is C12H17Cl3OSi. The van der Waals surface area contributed by atoms with Gasteiger partial charge >= 0.3 is 0 Å². The van der Waals surface area contributed by atoms with Crippen LogP contribution in [0.25, 0.3) is 0 Å². The summed E-state index contributed by atoms with van der Waals surface area (Å²) in [6, 6.07) is 9.59. The van der Waals surface area contributed by atoms with E-state index in [1.807, 2.05) is 37.3 Å². The second-order valence-corrected chi connectivity index (χ2v) is 11.8. The van der Waals surface area contributed by atoms with E-state index in [9.17, 15) is 0 Å². The molecule has 1 aromatic rings. The Kier molecular flexibility index (Phi) is 4.60. The van der Waals surface area contributed by atoms with Crippen molar-refractivity contribution in [1.82, 2.24) is 0 Å². The van der Waals surface area contributed by atoms with E-state index in [1.165, 1.54) is 0 Å². The van der Waals surface area contributed by atoms with Crippen molar-refractivity contribution in [3.63, 3.8) is 0 Å². The standard InChI is InChI=1S/C12H17Cl3OSi/c1-11(12(13,14)15,16-17(2,3)4)10-8-6-5-7-9-10/h5-9H,1-4H3. The lowest BCUT2D eigenvalue weighted by atomic mass is 9.98. The highest BCUT2D eigenvalue weighted by Crippen LogP contribution is 2.48. The van der Waals surface area contributed by atoms with Gasteiger partial charge in [-0.25, -0.2) is 0 Å². The maximum absolute atomic E-state index is 6.12. The van der Waals surface area contributed by atoms with Gasteiger partial charge in [-0.3, -0.25) is 0 Å². The van der Waals surface area contributed by atoms with Crippen LogP contribution >= 0.6 is 34.8 Å². The Hall–Kier alpha value is 0.267. The van der Waals surface area contributed by atoms with Crippen LogP contribution in [0.4, 0.5) is 0 Å². The number of benzene rings is 1. The monoisotopic (exact) mass is 310 g/mol. The molecule has 0 fully saturated rings. The van der Waals surface area contributed by atoms with E-state index >= 15 is 0 Å². The van der Waals surface area contributed by atoms with Gasteiger partial charge in [0.05, 0.1) is 0 Å². The van der Waals surface area contributed by atoms with Gasteiger partial charge in [0.25, 0.3) is 0 Å². The van der Waals surface area contributed by atoms with Gasteiger partial charge in [-0.1, -0.05) is 65.1 Å². The predicted octanol–water partition coefficient (Wildman–Crippen LogP) is 5.12. The molecule has 0 bridgehead atoms. The molecule has 0 N–H and O–H groups in total. The van der Waals surface area contributed by atoms with Crippen molar-refractivity contribution >= 4 is 43.1 Å². The molecule has 0 radical (unpaired) electrons. The van der Waals surface area contributed by atoms with Gasteiger partial charge in [-0.2, -0.15) is 0 Å². The van der Waals surface area contributed by atoms with E-state index in [2.05, 4.69) is 19.6 Å². The van der Waals surface area contributed by atoms with Gasteiger partial charge < -0.3 is 4.43 Å². The fourth-order valence-electron chi connectivity index (χ4n) is 1.65. The average molecular weight is 312 g/mol. The summed E-state index contributed by atoms with van der Waals surface area (Å²) in [6.07, 6.45) is 0. The molecule has 1 nitrogen and oxygen atoms in total. The lowest BCUT2D eigenvalue weighted by Gasteiger charge is -2.41. The minimum atomic E-state index is -1.84. The molecule has 17 heavy (non-hydrogen) atoms. The van der Waals surface area contributed by atoms with Crippen molar-refractivity contribution in [3.8, 4) is 0 Å². The van der Waals surface area contributed by atoms with E-state index in [1.54, 1.807) is 0 Å². The maximum Gasteiger partial charge on any atom is 0.221 e. The van der Waals surface area contributed by atoms with Crippen LogP contribution in [0.5, 0.6) is 0 Å². The summed E-state index contributed by atoms with van der Waals surface area (Å²) in [5.74, 6) is 0. The van der Waals surface area contributed by atoms with Crippen LogP contribution < -0.4 is 0 Å². The van der Waals surface area contributed by atoms with Gasteiger partial charge in [-0.05, 0) is 32.1 Å². The summed E-state index contributed by atoms with van der Waals surface area (Å²) >= 11 is 18.3. The molecule has 0 aliphatic carbocycles. The van der Waals surface area contributed by atoms with E-state index < -0.39 is 17.7 Å². The molecule has 1 unspecified atom stereocenters. The normalized spacial score (nSPS) is 16.6. The number of halogens is 3. The van der Waals surface area contributed by atoms with Gasteiger partial charge in [0.1, 0.15) is 5.60 Å². The Labute approximate surface area is 119 Å². The maximum atomic E-state index is 6.12. The third-order valence-electron chi connectivity index (χ3n) is 2.38. The van der Waals surface area contributed by atoms with Gasteiger partial charge in [0.15, 0.2) is 8.32 Å². The van der Waals surface area contributed by atoms with Crippen LogP contribution in [-0.2, 0) is 10.0 Å². The summed E-state index contributed by atoms with van der Waals surface area (Å²) in [7, 11) is -1.84. The Balaban J connectivity index is 3.22. The zero-order chi connectivity index (χ0) is 13.3. The molecule has 0 spiro atoms. The quantitative estimate of drug-likeness (QED) is 0.556. The van der Waals surface area contributed by atoms with Crippen molar-refractivity contribution < 1.29 is 4.43 Å². The molecule has 0 aromatic heterocycles. The third-order valence-corrected chi connectivity index (χ3v) is 4.48. The third kappa shape index (κ3) is 3.87. The molecule has 0 heterocycles. The SMILES string of the molecule is CC(O[Si](C)(C)C)(c1ccccc1)C(Cl)(Cl)Cl. The van der Waals surface area contributed by atoms with Crippen LogP contribution in [0.1, 0.15) is 12.5 Å². The molecule has 1 rings (SSSR count). The summed E-state index contributed by atoms with van der Waals surface area (Å²) in [6.45, 7) is 8.05. The van der Waals surface area contributed by atoms with Gasteiger partial charge in [0, 0.05) is 0 Å². The Bertz CT molecular complexity index is 370. The fourth-order valence-corrected chi connectivity index (χ4v) is 3.78. The first-order valence-corrected chi connectivity index (χ1v) is 9.93. The minimum Gasteiger partial charge on any atom is -0.404 e. The lowest BCUT2D eigenvalue weighted by Crippen LogP contribution is -2.47. The van der Waals surface area contributed by atoms with Gasteiger partial charge in [0.2, 0.25) is 3.79 Å². The van der Waals surface area contributed by atoms with Crippen molar-refractivity contribution in [3.05, 3.63) is 35.9 Å². The smallest absolute Gasteiger partial charge is 0.221 e. The molecule has 5 heteroatoms. The summed E-state index contributed by atoms with van der Waals surface area (Å²) in [4.78, 5) is 0. The molecular weight excluding hydrogens is 295 g/mol. The summed E-state index contributed by atoms with van der Waals surface area (Å²) in [5.41, 5.74) is -0.0499. The Morgan fingerprint density at radius 3 is 1.82 bits per heavy atom. The molecule has 1 aromatic carbocycles. The number of hydrogen-bond acceptors (Lipinski definition) is 1. The molecule has 0 aliphatic rings. The summed E-state index contributed by atoms with van der Waals surface area (Å²) < 4.78 is 4.61. The van der Waals surface area contributed by atoms with Gasteiger partial charge in [-0.15, -0.1) is 0 Å². The first-order chi connectivity index (χ1) is 7.56. The second kappa shape index (κ2) is 5.10. The second-order valence-electron chi connectivity index (χ2n) is 5.11. The molecule has 0 amide bonds. The predicted molar refractivity (Wildman–Crippen MR) is 78.5 cm³/mol. The van der Waals surface area contributed by atoms with E-state index in [0.717, 1.165) is 5.56 Å². The van der Waals surface area contributed by atoms with Crippen molar-refractivity contribution in [2.45, 2.75) is 36.0 Å². The molecule has 0 aliphatic heterocycles. The highest BCUT2D eigenvalue weighted by atomic mass is 35.6. The molecule has 0 saturated heterocycles. The Morgan fingerprint density at radius 1 is 1.00 bits per heavy atom. The number of rotatable bonds is 3. The first kappa shape index (κ1) is 15.3. The fraction of sp³-hybridized carbons (Fsp3) is 0.500. The molecule has 96 valence electrons. The topological polar surface area (TPSA) is 9.23 Å².